The van der Waals surface area contributed by atoms with Crippen LogP contribution >= 0.6 is 0 Å². The first-order valence-electron chi connectivity index (χ1n) is 6.50. The highest BCUT2D eigenvalue weighted by Crippen LogP contribution is 2.16. The Hall–Kier alpha value is -2.43. The zero-order chi connectivity index (χ0) is 14.3. The standard InChI is InChI=1S/C15H16N4O/c1-10-11(9-16-19(10)3)14(20)8-15-17-12-6-4-5-7-13(12)18(15)2/h4-7,9H,8H2,1-3H3. The predicted octanol–water partition coefficient (Wildman–Crippen LogP) is 2.04. The summed E-state index contributed by atoms with van der Waals surface area (Å²) < 4.78 is 3.68. The van der Waals surface area contributed by atoms with Crippen LogP contribution in [0.1, 0.15) is 21.9 Å². The minimum absolute atomic E-state index is 0.0500. The zero-order valence-corrected chi connectivity index (χ0v) is 11.8. The molecule has 2 aromatic heterocycles. The van der Waals surface area contributed by atoms with Crippen LogP contribution in [0.4, 0.5) is 0 Å². The Morgan fingerprint density at radius 2 is 2.00 bits per heavy atom. The third-order valence-electron chi connectivity index (χ3n) is 3.73. The molecule has 0 aliphatic carbocycles. The summed E-state index contributed by atoms with van der Waals surface area (Å²) >= 11 is 0. The minimum atomic E-state index is 0.0500. The third kappa shape index (κ3) is 1.91. The van der Waals surface area contributed by atoms with Crippen molar-refractivity contribution in [2.75, 3.05) is 0 Å². The van der Waals surface area contributed by atoms with Gasteiger partial charge in [-0.25, -0.2) is 4.98 Å². The molecule has 0 radical (unpaired) electrons. The average molecular weight is 268 g/mol. The molecule has 5 nitrogen and oxygen atoms in total. The number of hydrogen-bond acceptors (Lipinski definition) is 3. The van der Waals surface area contributed by atoms with E-state index in [4.69, 9.17) is 0 Å². The second-order valence-electron chi connectivity index (χ2n) is 4.94. The van der Waals surface area contributed by atoms with Gasteiger partial charge in [-0.2, -0.15) is 5.10 Å². The van der Waals surface area contributed by atoms with E-state index in [1.54, 1.807) is 10.9 Å². The van der Waals surface area contributed by atoms with Crippen LogP contribution in [0.2, 0.25) is 0 Å². The van der Waals surface area contributed by atoms with Crippen molar-refractivity contribution in [1.82, 2.24) is 19.3 Å². The number of ketones is 1. The Bertz CT molecular complexity index is 797. The highest BCUT2D eigenvalue weighted by Gasteiger charge is 2.16. The van der Waals surface area contributed by atoms with Crippen LogP contribution in [-0.4, -0.2) is 25.1 Å². The Labute approximate surface area is 116 Å². The number of aromatic nitrogens is 4. The van der Waals surface area contributed by atoms with Crippen molar-refractivity contribution in [3.05, 3.63) is 47.5 Å². The smallest absolute Gasteiger partial charge is 0.173 e. The van der Waals surface area contributed by atoms with Crippen molar-refractivity contribution in [2.24, 2.45) is 14.1 Å². The number of rotatable bonds is 3. The maximum atomic E-state index is 12.4. The van der Waals surface area contributed by atoms with Crippen LogP contribution in [-0.2, 0) is 20.5 Å². The fraction of sp³-hybridized carbons (Fsp3) is 0.267. The molecule has 0 atom stereocenters. The molecule has 0 aliphatic heterocycles. The summed E-state index contributed by atoms with van der Waals surface area (Å²) in [6.45, 7) is 1.90. The number of fused-ring (bicyclic) bond motifs is 1. The quantitative estimate of drug-likeness (QED) is 0.683. The molecule has 102 valence electrons. The van der Waals surface area contributed by atoms with Crippen LogP contribution in [0.15, 0.2) is 30.5 Å². The molecule has 3 rings (SSSR count). The lowest BCUT2D eigenvalue weighted by Crippen LogP contribution is -2.09. The number of carbonyl (C=O) groups excluding carboxylic acids is 1. The van der Waals surface area contributed by atoms with Crippen molar-refractivity contribution in [1.29, 1.82) is 0 Å². The lowest BCUT2D eigenvalue weighted by atomic mass is 10.1. The Morgan fingerprint density at radius 3 is 2.65 bits per heavy atom. The van der Waals surface area contributed by atoms with Crippen LogP contribution in [0.3, 0.4) is 0 Å². The van der Waals surface area contributed by atoms with E-state index in [-0.39, 0.29) is 12.2 Å². The van der Waals surface area contributed by atoms with Gasteiger partial charge in [0.1, 0.15) is 5.82 Å². The summed E-state index contributed by atoms with van der Waals surface area (Å²) in [7, 11) is 3.77. The maximum absolute atomic E-state index is 12.4. The van der Waals surface area contributed by atoms with Crippen molar-refractivity contribution >= 4 is 16.8 Å². The average Bonchev–Trinajstić information content (AvgIpc) is 2.93. The largest absolute Gasteiger partial charge is 0.331 e. The lowest BCUT2D eigenvalue weighted by molar-refractivity contribution is 0.0989. The Morgan fingerprint density at radius 1 is 1.25 bits per heavy atom. The number of aryl methyl sites for hydroxylation is 2. The van der Waals surface area contributed by atoms with Gasteiger partial charge in [0.2, 0.25) is 0 Å². The van der Waals surface area contributed by atoms with E-state index in [2.05, 4.69) is 10.1 Å². The van der Waals surface area contributed by atoms with Gasteiger partial charge in [0, 0.05) is 19.8 Å². The first-order chi connectivity index (χ1) is 9.58. The molecule has 0 spiro atoms. The molecular formula is C15H16N4O. The fourth-order valence-corrected chi connectivity index (χ4v) is 2.36. The van der Waals surface area contributed by atoms with Crippen molar-refractivity contribution in [3.8, 4) is 0 Å². The first kappa shape index (κ1) is 12.6. The van der Waals surface area contributed by atoms with E-state index in [9.17, 15) is 4.79 Å². The number of benzene rings is 1. The molecule has 5 heteroatoms. The summed E-state index contributed by atoms with van der Waals surface area (Å²) in [5.74, 6) is 0.827. The Kier molecular flexibility index (Phi) is 2.89. The second-order valence-corrected chi connectivity index (χ2v) is 4.94. The van der Waals surface area contributed by atoms with Gasteiger partial charge in [-0.05, 0) is 19.1 Å². The molecule has 0 aliphatic rings. The highest BCUT2D eigenvalue weighted by atomic mass is 16.1. The normalized spacial score (nSPS) is 11.2. The van der Waals surface area contributed by atoms with Gasteiger partial charge in [0.25, 0.3) is 0 Å². The van der Waals surface area contributed by atoms with E-state index in [1.807, 2.05) is 49.9 Å². The summed E-state index contributed by atoms with van der Waals surface area (Å²) in [6.07, 6.45) is 1.91. The molecule has 0 N–H and O–H groups in total. The van der Waals surface area contributed by atoms with E-state index in [0.29, 0.717) is 5.56 Å². The van der Waals surface area contributed by atoms with Gasteiger partial charge in [-0.3, -0.25) is 9.48 Å². The van der Waals surface area contributed by atoms with Gasteiger partial charge in [0.15, 0.2) is 5.78 Å². The van der Waals surface area contributed by atoms with Crippen molar-refractivity contribution < 1.29 is 4.79 Å². The van der Waals surface area contributed by atoms with Crippen LogP contribution < -0.4 is 0 Å². The number of hydrogen-bond donors (Lipinski definition) is 0. The van der Waals surface area contributed by atoms with Gasteiger partial charge in [-0.1, -0.05) is 12.1 Å². The van der Waals surface area contributed by atoms with Crippen LogP contribution in [0.25, 0.3) is 11.0 Å². The molecule has 2 heterocycles. The van der Waals surface area contributed by atoms with Crippen LogP contribution in [0.5, 0.6) is 0 Å². The van der Waals surface area contributed by atoms with E-state index in [1.165, 1.54) is 0 Å². The fourth-order valence-electron chi connectivity index (χ4n) is 2.36. The molecule has 20 heavy (non-hydrogen) atoms. The Balaban J connectivity index is 1.95. The molecule has 0 fully saturated rings. The number of carbonyl (C=O) groups is 1. The number of nitrogens with zero attached hydrogens (tertiary/aromatic N) is 4. The van der Waals surface area contributed by atoms with E-state index >= 15 is 0 Å². The zero-order valence-electron chi connectivity index (χ0n) is 11.8. The van der Waals surface area contributed by atoms with Gasteiger partial charge in [0.05, 0.1) is 29.2 Å². The molecule has 0 unspecified atom stereocenters. The first-order valence-corrected chi connectivity index (χ1v) is 6.50. The second kappa shape index (κ2) is 4.59. The summed E-state index contributed by atoms with van der Waals surface area (Å²) in [5, 5.41) is 4.11. The number of imidazole rings is 1. The predicted molar refractivity (Wildman–Crippen MR) is 76.7 cm³/mol. The highest BCUT2D eigenvalue weighted by molar-refractivity contribution is 5.98. The summed E-state index contributed by atoms with van der Waals surface area (Å²) in [5.41, 5.74) is 3.51. The number of para-hydroxylation sites is 2. The third-order valence-corrected chi connectivity index (χ3v) is 3.73. The molecule has 0 amide bonds. The topological polar surface area (TPSA) is 52.7 Å². The van der Waals surface area contributed by atoms with E-state index in [0.717, 1.165) is 22.6 Å². The maximum Gasteiger partial charge on any atom is 0.173 e. The molecule has 3 aromatic rings. The van der Waals surface area contributed by atoms with Crippen molar-refractivity contribution in [3.63, 3.8) is 0 Å². The molecule has 0 saturated carbocycles. The molecule has 1 aromatic carbocycles. The summed E-state index contributed by atoms with van der Waals surface area (Å²) in [6, 6.07) is 7.89. The van der Waals surface area contributed by atoms with Gasteiger partial charge < -0.3 is 4.57 Å². The summed E-state index contributed by atoms with van der Waals surface area (Å²) in [4.78, 5) is 16.9. The van der Waals surface area contributed by atoms with Gasteiger partial charge in [-0.15, -0.1) is 0 Å². The minimum Gasteiger partial charge on any atom is -0.331 e. The number of Topliss-reactive ketones (excluding diaryl/α,β-unsaturated/α-hetero) is 1. The lowest BCUT2D eigenvalue weighted by Gasteiger charge is -2.02. The van der Waals surface area contributed by atoms with E-state index < -0.39 is 0 Å². The molecule has 0 bridgehead atoms. The SMILES string of the molecule is Cc1c(C(=O)Cc2nc3ccccc3n2C)cnn1C. The van der Waals surface area contributed by atoms with Crippen LogP contribution in [0, 0.1) is 6.92 Å². The monoisotopic (exact) mass is 268 g/mol. The van der Waals surface area contributed by atoms with Gasteiger partial charge >= 0.3 is 0 Å². The van der Waals surface area contributed by atoms with Crippen molar-refractivity contribution in [2.45, 2.75) is 13.3 Å². The molecular weight excluding hydrogens is 252 g/mol. The molecule has 0 saturated heterocycles.